The van der Waals surface area contributed by atoms with E-state index in [0.717, 1.165) is 42.5 Å². The lowest BCUT2D eigenvalue weighted by molar-refractivity contribution is 0.471. The van der Waals surface area contributed by atoms with Crippen LogP contribution in [0.5, 0.6) is 11.5 Å². The topological polar surface area (TPSA) is 533 Å². The van der Waals surface area contributed by atoms with Gasteiger partial charge in [-0.3, -0.25) is 27.3 Å². The molecular formula is C45H32Cl2N14O20S6. The number of nitrogens with one attached hydrogen (secondary N) is 3. The molecule has 34 nitrogen and oxygen atoms in total. The van der Waals surface area contributed by atoms with E-state index in [4.69, 9.17) is 23.2 Å². The third-order valence-electron chi connectivity index (χ3n) is 11.7. The summed E-state index contributed by atoms with van der Waals surface area (Å²) in [6.45, 7) is 0. The third kappa shape index (κ3) is 13.9. The number of benzene rings is 7. The predicted molar refractivity (Wildman–Crippen MR) is 305 cm³/mol. The van der Waals surface area contributed by atoms with Gasteiger partial charge >= 0.3 is 0 Å². The summed E-state index contributed by atoms with van der Waals surface area (Å²) in [4.78, 5) is 20.2. The minimum absolute atomic E-state index is 0.221. The Kier molecular flexibility index (Phi) is 16.6. The SMILES string of the molecule is CN(c1ccc(Nc2nc(Cl)nc(Nc3cc(S(=O)(=O)O)cc4cc(S(=O)(=O)O)c(N=Nc5ccccc5S(=O)(=O)O)c(O)c34)n2)cc1)c1nc(Cl)nc(Nc2cc(S(=O)(=O)O)cc3cc(S(=O)(=O)O)c(N=Nc4ccccc4S(=O)(=O)O)c(O)c23)n1. The Bertz CT molecular complexity index is 5180. The lowest BCUT2D eigenvalue weighted by atomic mass is 10.1. The van der Waals surface area contributed by atoms with Gasteiger partial charge in [0.1, 0.15) is 42.3 Å². The first-order chi connectivity index (χ1) is 40.4. The van der Waals surface area contributed by atoms with E-state index in [1.165, 1.54) is 60.5 Å². The van der Waals surface area contributed by atoms with Crippen LogP contribution in [0.2, 0.25) is 10.6 Å². The molecule has 9 rings (SSSR count). The molecular weight excluding hydrogens is 1320 g/mol. The van der Waals surface area contributed by atoms with E-state index in [9.17, 15) is 88.0 Å². The molecule has 452 valence electrons. The van der Waals surface area contributed by atoms with Gasteiger partial charge in [-0.1, -0.05) is 24.3 Å². The van der Waals surface area contributed by atoms with Crippen LogP contribution in [0, 0.1) is 0 Å². The molecule has 0 atom stereocenters. The molecule has 0 fully saturated rings. The molecule has 0 aliphatic heterocycles. The van der Waals surface area contributed by atoms with Gasteiger partial charge in [-0.2, -0.15) is 80.4 Å². The van der Waals surface area contributed by atoms with Crippen LogP contribution in [-0.4, -0.2) is 125 Å². The average Bonchev–Trinajstić information content (AvgIpc) is 0.824. The fourth-order valence-corrected chi connectivity index (χ4v) is 12.0. The summed E-state index contributed by atoms with van der Waals surface area (Å²) in [5.74, 6) is -3.76. The lowest BCUT2D eigenvalue weighted by Crippen LogP contribution is -2.15. The summed E-state index contributed by atoms with van der Waals surface area (Å²) in [6, 6.07) is 19.0. The maximum Gasteiger partial charge on any atom is 0.296 e. The van der Waals surface area contributed by atoms with Crippen molar-refractivity contribution in [3.05, 3.63) is 120 Å². The van der Waals surface area contributed by atoms with Crippen molar-refractivity contribution in [1.29, 1.82) is 0 Å². The Balaban J connectivity index is 1.03. The second-order valence-corrected chi connectivity index (χ2v) is 26.5. The Morgan fingerprint density at radius 1 is 0.425 bits per heavy atom. The van der Waals surface area contributed by atoms with Gasteiger partial charge in [-0.05, 0) is 119 Å². The normalized spacial score (nSPS) is 12.7. The maximum atomic E-state index is 12.7. The quantitative estimate of drug-likeness (QED) is 0.0283. The Morgan fingerprint density at radius 3 is 1.21 bits per heavy atom. The van der Waals surface area contributed by atoms with E-state index in [-0.39, 0.29) is 17.6 Å². The fraction of sp³-hybridized carbons (Fsp3) is 0.0222. The second-order valence-electron chi connectivity index (χ2n) is 17.4. The number of aromatic nitrogens is 6. The van der Waals surface area contributed by atoms with Crippen LogP contribution in [0.25, 0.3) is 21.5 Å². The largest absolute Gasteiger partial charge is 0.505 e. The monoisotopic (exact) mass is 1350 g/mol. The molecule has 0 unspecified atom stereocenters. The first-order valence-corrected chi connectivity index (χ1v) is 32.4. The molecule has 2 aromatic heterocycles. The zero-order chi connectivity index (χ0) is 63.5. The van der Waals surface area contributed by atoms with E-state index in [1.54, 1.807) is 0 Å². The number of aromatic hydroxyl groups is 2. The van der Waals surface area contributed by atoms with Crippen molar-refractivity contribution in [2.75, 3.05) is 27.9 Å². The van der Waals surface area contributed by atoms with E-state index in [0.29, 0.717) is 23.9 Å². The highest BCUT2D eigenvalue weighted by Gasteiger charge is 2.29. The van der Waals surface area contributed by atoms with Crippen molar-refractivity contribution < 1.29 is 88.0 Å². The summed E-state index contributed by atoms with van der Waals surface area (Å²) in [5.41, 5.74) is -3.58. The third-order valence-corrected chi connectivity index (χ3v) is 17.2. The Labute approximate surface area is 498 Å². The van der Waals surface area contributed by atoms with Crippen LogP contribution < -0.4 is 20.9 Å². The summed E-state index contributed by atoms with van der Waals surface area (Å²) in [6.07, 6.45) is 0. The van der Waals surface area contributed by atoms with E-state index >= 15 is 0 Å². The van der Waals surface area contributed by atoms with Crippen molar-refractivity contribution in [2.45, 2.75) is 29.4 Å². The van der Waals surface area contributed by atoms with Crippen molar-refractivity contribution in [3.63, 3.8) is 0 Å². The number of phenolic OH excluding ortho intramolecular Hbond substituents is 2. The lowest BCUT2D eigenvalue weighted by Gasteiger charge is -2.19. The number of hydrogen-bond acceptors (Lipinski definition) is 28. The molecule has 0 amide bonds. The molecule has 7 aromatic carbocycles. The molecule has 0 bridgehead atoms. The number of fused-ring (bicyclic) bond motifs is 2. The number of hydrogen-bond donors (Lipinski definition) is 11. The van der Waals surface area contributed by atoms with Crippen LogP contribution >= 0.6 is 23.2 Å². The molecule has 42 heteroatoms. The van der Waals surface area contributed by atoms with Crippen molar-refractivity contribution in [3.8, 4) is 11.5 Å². The average molecular weight is 1350 g/mol. The predicted octanol–water partition coefficient (Wildman–Crippen LogP) is 8.39. The molecule has 2 heterocycles. The molecule has 0 radical (unpaired) electrons. The first kappa shape index (κ1) is 62.6. The van der Waals surface area contributed by atoms with Gasteiger partial charge in [0.2, 0.25) is 34.4 Å². The van der Waals surface area contributed by atoms with Crippen LogP contribution in [0.3, 0.4) is 0 Å². The molecule has 0 spiro atoms. The molecule has 87 heavy (non-hydrogen) atoms. The molecule has 0 aliphatic carbocycles. The first-order valence-electron chi connectivity index (χ1n) is 23.0. The van der Waals surface area contributed by atoms with Crippen molar-refractivity contribution in [1.82, 2.24) is 29.9 Å². The van der Waals surface area contributed by atoms with E-state index in [2.05, 4.69) is 66.3 Å². The zero-order valence-corrected chi connectivity index (χ0v) is 48.9. The molecule has 9 aromatic rings. The Morgan fingerprint density at radius 2 is 0.805 bits per heavy atom. The van der Waals surface area contributed by atoms with Crippen LogP contribution in [0.15, 0.2) is 159 Å². The highest BCUT2D eigenvalue weighted by atomic mass is 35.5. The van der Waals surface area contributed by atoms with Gasteiger partial charge in [0.15, 0.2) is 11.5 Å². The smallest absolute Gasteiger partial charge is 0.296 e. The van der Waals surface area contributed by atoms with Crippen LogP contribution in [-0.2, 0) is 60.7 Å². The van der Waals surface area contributed by atoms with Crippen LogP contribution in [0.4, 0.5) is 69.3 Å². The number of halogens is 2. The number of phenols is 2. The van der Waals surface area contributed by atoms with Crippen molar-refractivity contribution >= 4 is 175 Å². The summed E-state index contributed by atoms with van der Waals surface area (Å²) in [5, 5.41) is 43.1. The zero-order valence-electron chi connectivity index (χ0n) is 42.5. The second kappa shape index (κ2) is 23.1. The van der Waals surface area contributed by atoms with Crippen LogP contribution in [0.1, 0.15) is 0 Å². The number of nitrogens with zero attached hydrogens (tertiary/aromatic N) is 11. The fourth-order valence-electron chi connectivity index (χ4n) is 7.99. The summed E-state index contributed by atoms with van der Waals surface area (Å²) < 4.78 is 208. The van der Waals surface area contributed by atoms with Gasteiger partial charge in [0.25, 0.3) is 60.7 Å². The number of rotatable bonds is 18. The summed E-state index contributed by atoms with van der Waals surface area (Å²) >= 11 is 12.6. The minimum atomic E-state index is -5.38. The molecule has 0 saturated heterocycles. The highest BCUT2D eigenvalue weighted by Crippen LogP contribution is 2.48. The minimum Gasteiger partial charge on any atom is -0.505 e. The van der Waals surface area contributed by atoms with E-state index < -0.39 is 180 Å². The Hall–Kier alpha value is -8.88. The van der Waals surface area contributed by atoms with Gasteiger partial charge < -0.3 is 31.1 Å². The van der Waals surface area contributed by atoms with Crippen molar-refractivity contribution in [2.24, 2.45) is 20.5 Å². The molecule has 0 aliphatic rings. The van der Waals surface area contributed by atoms with Gasteiger partial charge in [-0.25, -0.2) is 0 Å². The number of azo groups is 2. The van der Waals surface area contributed by atoms with Gasteiger partial charge in [0.05, 0.1) is 21.2 Å². The highest BCUT2D eigenvalue weighted by molar-refractivity contribution is 7.87. The van der Waals surface area contributed by atoms with Gasteiger partial charge in [0, 0.05) is 29.2 Å². The van der Waals surface area contributed by atoms with Gasteiger partial charge in [-0.15, -0.1) is 20.5 Å². The summed E-state index contributed by atoms with van der Waals surface area (Å²) in [7, 11) is -29.4. The van der Waals surface area contributed by atoms with E-state index in [1.807, 2.05) is 0 Å². The number of anilines is 8. The molecule has 11 N–H and O–H groups in total. The standard InChI is InChI=1S/C45H32Cl2N14O20S6/c1-61(45-54-41(47)53-44(56-45)50-29-19-25(83(67,68)69)15-21-17-33(87(79,80)81)37(39(63)35(21)29)60-58-27-7-3-5-9-31(27)85(73,74)75)23-12-10-22(11-13-23)48-42-51-40(46)52-43(55-42)49-28-18-24(82(64,65)66)14-20-16-32(86(76,77)78)36(38(62)34(20)28)59-57-26-6-2-4-8-30(26)84(70,71)72/h2-19,62-63H,1H3,(H,64,65,66)(H,67,68,69)(H,70,71,72)(H,73,74,75)(H,76,77,78)(H,79,80,81)(H,50,53,54,56)(H2,48,49,51,52,55). The molecule has 0 saturated carbocycles. The maximum absolute atomic E-state index is 12.7.